The van der Waals surface area contributed by atoms with Crippen molar-refractivity contribution in [2.24, 2.45) is 5.41 Å². The molecule has 3 heteroatoms. The molecule has 0 heterocycles. The summed E-state index contributed by atoms with van der Waals surface area (Å²) in [4.78, 5) is 11.9. The van der Waals surface area contributed by atoms with Gasteiger partial charge in [-0.15, -0.1) is 0 Å². The van der Waals surface area contributed by atoms with E-state index < -0.39 is 0 Å². The number of nitrogens with one attached hydrogen (secondary N) is 1. The maximum absolute atomic E-state index is 11.9. The zero-order chi connectivity index (χ0) is 12.5. The first-order valence-electron chi connectivity index (χ1n) is 5.61. The van der Waals surface area contributed by atoms with E-state index in [-0.39, 0.29) is 44.0 Å². The van der Waals surface area contributed by atoms with Crippen LogP contribution in [0.2, 0.25) is 0 Å². The Bertz CT molecular complexity index is 396. The van der Waals surface area contributed by atoms with Crippen LogP contribution in [0.5, 0.6) is 0 Å². The van der Waals surface area contributed by atoms with Gasteiger partial charge < -0.3 is 5.32 Å². The fourth-order valence-corrected chi connectivity index (χ4v) is 1.68. The molecule has 1 radical (unpaired) electrons. The summed E-state index contributed by atoms with van der Waals surface area (Å²) < 4.78 is 0. The van der Waals surface area contributed by atoms with Gasteiger partial charge in [0.2, 0.25) is 5.91 Å². The van der Waals surface area contributed by atoms with Gasteiger partial charge in [0.15, 0.2) is 0 Å². The molecular weight excluding hydrogens is 287 g/mol. The molecule has 2 nitrogen and oxygen atoms in total. The van der Waals surface area contributed by atoms with Crippen molar-refractivity contribution in [1.82, 2.24) is 0 Å². The van der Waals surface area contributed by atoms with Gasteiger partial charge in [0.05, 0.1) is 0 Å². The van der Waals surface area contributed by atoms with E-state index in [0.717, 1.165) is 16.8 Å². The smallest absolute Gasteiger partial charge is 0.229 e. The van der Waals surface area contributed by atoms with Crippen LogP contribution in [-0.4, -0.2) is 5.91 Å². The largest absolute Gasteiger partial charge is 0.325 e. The molecular formula is C14H21NOY. The van der Waals surface area contributed by atoms with Gasteiger partial charge in [0.25, 0.3) is 0 Å². The molecule has 91 valence electrons. The van der Waals surface area contributed by atoms with E-state index in [2.05, 4.69) is 24.4 Å². The molecule has 0 bridgehead atoms. The van der Waals surface area contributed by atoms with Crippen molar-refractivity contribution in [2.75, 3.05) is 5.32 Å². The molecule has 0 spiro atoms. The van der Waals surface area contributed by atoms with E-state index in [1.165, 1.54) is 5.56 Å². The Morgan fingerprint density at radius 1 is 1.06 bits per heavy atom. The van der Waals surface area contributed by atoms with Crippen molar-refractivity contribution in [3.8, 4) is 0 Å². The van der Waals surface area contributed by atoms with E-state index in [1.54, 1.807) is 0 Å². The minimum absolute atomic E-state index is 0. The van der Waals surface area contributed by atoms with E-state index in [0.29, 0.717) is 0 Å². The van der Waals surface area contributed by atoms with Crippen LogP contribution in [0.4, 0.5) is 5.69 Å². The van der Waals surface area contributed by atoms with Gasteiger partial charge in [0, 0.05) is 43.8 Å². The predicted molar refractivity (Wildman–Crippen MR) is 68.7 cm³/mol. The SMILES string of the molecule is Cc1cc(C)c(NC(=O)C(C)(C)C)c(C)c1.[Y]. The number of anilines is 1. The summed E-state index contributed by atoms with van der Waals surface area (Å²) in [7, 11) is 0. The van der Waals surface area contributed by atoms with Gasteiger partial charge in [-0.05, 0) is 31.9 Å². The standard InChI is InChI=1S/C14H21NO.Y/c1-9-7-10(2)12(11(3)8-9)15-13(16)14(4,5)6;/h7-8H,1-6H3,(H,15,16);. The first-order valence-corrected chi connectivity index (χ1v) is 5.61. The van der Waals surface area contributed by atoms with Crippen molar-refractivity contribution in [1.29, 1.82) is 0 Å². The summed E-state index contributed by atoms with van der Waals surface area (Å²) in [5, 5.41) is 3.01. The van der Waals surface area contributed by atoms with Crippen molar-refractivity contribution < 1.29 is 37.5 Å². The monoisotopic (exact) mass is 308 g/mol. The van der Waals surface area contributed by atoms with Gasteiger partial charge in [-0.1, -0.05) is 38.5 Å². The summed E-state index contributed by atoms with van der Waals surface area (Å²) in [6.07, 6.45) is 0. The van der Waals surface area contributed by atoms with Crippen LogP contribution in [-0.2, 0) is 37.5 Å². The average molecular weight is 308 g/mol. The van der Waals surface area contributed by atoms with Gasteiger partial charge in [-0.2, -0.15) is 0 Å². The third-order valence-corrected chi connectivity index (χ3v) is 2.60. The Labute approximate surface area is 129 Å². The Morgan fingerprint density at radius 2 is 1.47 bits per heavy atom. The predicted octanol–water partition coefficient (Wildman–Crippen LogP) is 3.59. The first-order chi connectivity index (χ1) is 7.21. The molecule has 0 fully saturated rings. The van der Waals surface area contributed by atoms with Crippen LogP contribution >= 0.6 is 0 Å². The van der Waals surface area contributed by atoms with E-state index in [4.69, 9.17) is 0 Å². The Balaban J connectivity index is 0.00000256. The van der Waals surface area contributed by atoms with Gasteiger partial charge in [-0.3, -0.25) is 4.79 Å². The quantitative estimate of drug-likeness (QED) is 0.844. The number of carbonyl (C=O) groups excluding carboxylic acids is 1. The van der Waals surface area contributed by atoms with Crippen molar-refractivity contribution >= 4 is 11.6 Å². The Morgan fingerprint density at radius 3 is 1.82 bits per heavy atom. The first kappa shape index (κ1) is 16.8. The molecule has 0 aliphatic heterocycles. The van der Waals surface area contributed by atoms with Crippen LogP contribution in [0.25, 0.3) is 0 Å². The molecule has 1 aromatic carbocycles. The fourth-order valence-electron chi connectivity index (χ4n) is 1.68. The second-order valence-electron chi connectivity index (χ2n) is 5.48. The van der Waals surface area contributed by atoms with Crippen molar-refractivity contribution in [3.63, 3.8) is 0 Å². The number of amides is 1. The second-order valence-corrected chi connectivity index (χ2v) is 5.48. The minimum atomic E-state index is -0.357. The summed E-state index contributed by atoms with van der Waals surface area (Å²) in [5.74, 6) is 0.0579. The van der Waals surface area contributed by atoms with Crippen LogP contribution < -0.4 is 5.32 Å². The molecule has 1 amide bonds. The van der Waals surface area contributed by atoms with Gasteiger partial charge >= 0.3 is 0 Å². The Kier molecular flexibility index (Phi) is 6.03. The van der Waals surface area contributed by atoms with Crippen LogP contribution in [0.3, 0.4) is 0 Å². The zero-order valence-electron chi connectivity index (χ0n) is 11.6. The summed E-state index contributed by atoms with van der Waals surface area (Å²) in [6.45, 7) is 11.9. The molecule has 0 aromatic heterocycles. The molecule has 1 N–H and O–H groups in total. The van der Waals surface area contributed by atoms with Crippen molar-refractivity contribution in [3.05, 3.63) is 28.8 Å². The molecule has 0 unspecified atom stereocenters. The van der Waals surface area contributed by atoms with Gasteiger partial charge in [0.1, 0.15) is 0 Å². The second kappa shape index (κ2) is 6.11. The number of carbonyl (C=O) groups is 1. The third-order valence-electron chi connectivity index (χ3n) is 2.60. The molecule has 0 atom stereocenters. The molecule has 1 aromatic rings. The number of hydrogen-bond donors (Lipinski definition) is 1. The number of hydrogen-bond acceptors (Lipinski definition) is 1. The number of benzene rings is 1. The summed E-state index contributed by atoms with van der Waals surface area (Å²) in [6, 6.07) is 4.18. The molecule has 17 heavy (non-hydrogen) atoms. The number of aryl methyl sites for hydroxylation is 3. The molecule has 1 rings (SSSR count). The minimum Gasteiger partial charge on any atom is -0.325 e. The summed E-state index contributed by atoms with van der Waals surface area (Å²) >= 11 is 0. The van der Waals surface area contributed by atoms with Crippen LogP contribution in [0, 0.1) is 26.2 Å². The van der Waals surface area contributed by atoms with E-state index in [9.17, 15) is 4.79 Å². The average Bonchev–Trinajstić information content (AvgIpc) is 2.08. The van der Waals surface area contributed by atoms with E-state index >= 15 is 0 Å². The molecule has 0 aliphatic rings. The maximum atomic E-state index is 11.9. The van der Waals surface area contributed by atoms with Crippen molar-refractivity contribution in [2.45, 2.75) is 41.5 Å². The fraction of sp³-hybridized carbons (Fsp3) is 0.500. The van der Waals surface area contributed by atoms with E-state index in [1.807, 2.05) is 34.6 Å². The molecule has 0 saturated heterocycles. The molecule has 0 aliphatic carbocycles. The summed E-state index contributed by atoms with van der Waals surface area (Å²) in [5.41, 5.74) is 4.06. The Hall–Kier alpha value is -0.206. The maximum Gasteiger partial charge on any atom is 0.229 e. The molecule has 0 saturated carbocycles. The van der Waals surface area contributed by atoms with Gasteiger partial charge in [-0.25, -0.2) is 0 Å². The normalized spacial score (nSPS) is 10.7. The van der Waals surface area contributed by atoms with Crippen LogP contribution in [0.15, 0.2) is 12.1 Å². The van der Waals surface area contributed by atoms with Crippen LogP contribution in [0.1, 0.15) is 37.5 Å². The topological polar surface area (TPSA) is 29.1 Å². The number of rotatable bonds is 1. The third kappa shape index (κ3) is 4.52. The zero-order valence-corrected chi connectivity index (χ0v) is 14.5.